The number of amides is 1. The van der Waals surface area contributed by atoms with Gasteiger partial charge in [-0.2, -0.15) is 0 Å². The third kappa shape index (κ3) is 3.78. The van der Waals surface area contributed by atoms with Crippen LogP contribution < -0.4 is 10.1 Å². The molecule has 0 saturated heterocycles. The molecule has 1 N–H and O–H groups in total. The van der Waals surface area contributed by atoms with Crippen LogP contribution in [0.25, 0.3) is 0 Å². The molecule has 2 aromatic carbocycles. The summed E-state index contributed by atoms with van der Waals surface area (Å²) >= 11 is 0. The third-order valence-corrected chi connectivity index (χ3v) is 2.92. The fourth-order valence-electron chi connectivity index (χ4n) is 1.90. The molecule has 3 nitrogen and oxygen atoms in total. The molecular formula is C16H15F2NO2. The van der Waals surface area contributed by atoms with Crippen molar-refractivity contribution >= 4 is 11.6 Å². The molecule has 0 radical (unpaired) electrons. The number of halogens is 2. The molecule has 110 valence electrons. The second-order valence-corrected chi connectivity index (χ2v) is 4.70. The highest BCUT2D eigenvalue weighted by atomic mass is 19.1. The smallest absolute Gasteiger partial charge is 0.262 e. The van der Waals surface area contributed by atoms with Crippen LogP contribution in [0, 0.1) is 25.5 Å². The normalized spacial score (nSPS) is 10.3. The van der Waals surface area contributed by atoms with Crippen LogP contribution in [-0.2, 0) is 4.79 Å². The fourth-order valence-corrected chi connectivity index (χ4v) is 1.90. The second kappa shape index (κ2) is 6.35. The van der Waals surface area contributed by atoms with Gasteiger partial charge in [0.15, 0.2) is 6.61 Å². The lowest BCUT2D eigenvalue weighted by atomic mass is 10.1. The average Bonchev–Trinajstić information content (AvgIpc) is 2.42. The summed E-state index contributed by atoms with van der Waals surface area (Å²) in [6.07, 6.45) is 0. The maximum Gasteiger partial charge on any atom is 0.262 e. The van der Waals surface area contributed by atoms with Crippen LogP contribution in [0.15, 0.2) is 36.4 Å². The SMILES string of the molecule is Cc1ccc(OCC(=O)Nc2c(F)cccc2F)c(C)c1. The van der Waals surface area contributed by atoms with Crippen molar-refractivity contribution in [2.75, 3.05) is 11.9 Å². The third-order valence-electron chi connectivity index (χ3n) is 2.92. The standard InChI is InChI=1S/C16H15F2NO2/c1-10-6-7-14(11(2)8-10)21-9-15(20)19-16-12(17)4-3-5-13(16)18/h3-8H,9H2,1-2H3,(H,19,20). The molecule has 2 rings (SSSR count). The van der Waals surface area contributed by atoms with Gasteiger partial charge in [0.2, 0.25) is 0 Å². The van der Waals surface area contributed by atoms with Gasteiger partial charge in [-0.3, -0.25) is 4.79 Å². The number of para-hydroxylation sites is 1. The quantitative estimate of drug-likeness (QED) is 0.934. The Morgan fingerprint density at radius 3 is 2.43 bits per heavy atom. The highest BCUT2D eigenvalue weighted by Crippen LogP contribution is 2.20. The molecular weight excluding hydrogens is 276 g/mol. The Balaban J connectivity index is 1.99. The second-order valence-electron chi connectivity index (χ2n) is 4.70. The molecule has 5 heteroatoms. The average molecular weight is 291 g/mol. The first-order valence-corrected chi connectivity index (χ1v) is 6.41. The summed E-state index contributed by atoms with van der Waals surface area (Å²) in [7, 11) is 0. The van der Waals surface area contributed by atoms with E-state index < -0.39 is 23.2 Å². The van der Waals surface area contributed by atoms with E-state index in [1.165, 1.54) is 6.07 Å². The molecule has 0 heterocycles. The Kier molecular flexibility index (Phi) is 4.52. The molecule has 0 aliphatic heterocycles. The van der Waals surface area contributed by atoms with E-state index in [2.05, 4.69) is 5.32 Å². The van der Waals surface area contributed by atoms with Gasteiger partial charge in [0.25, 0.3) is 5.91 Å². The Hall–Kier alpha value is -2.43. The predicted octanol–water partition coefficient (Wildman–Crippen LogP) is 3.60. The molecule has 0 atom stereocenters. The number of nitrogens with one attached hydrogen (secondary N) is 1. The molecule has 0 bridgehead atoms. The van der Waals surface area contributed by atoms with Gasteiger partial charge >= 0.3 is 0 Å². The minimum absolute atomic E-state index is 0.322. The first kappa shape index (κ1) is 15.0. The first-order chi connectivity index (χ1) is 9.97. The van der Waals surface area contributed by atoms with Gasteiger partial charge < -0.3 is 10.1 Å². The van der Waals surface area contributed by atoms with Gasteiger partial charge in [0.1, 0.15) is 23.1 Å². The minimum atomic E-state index is -0.824. The molecule has 0 aliphatic carbocycles. The molecule has 0 saturated carbocycles. The van der Waals surface area contributed by atoms with E-state index in [1.807, 2.05) is 26.0 Å². The number of aryl methyl sites for hydroxylation is 2. The lowest BCUT2D eigenvalue weighted by molar-refractivity contribution is -0.118. The van der Waals surface area contributed by atoms with Gasteiger partial charge in [-0.05, 0) is 37.6 Å². The number of carbonyl (C=O) groups excluding carboxylic acids is 1. The number of carbonyl (C=O) groups is 1. The lowest BCUT2D eigenvalue weighted by Crippen LogP contribution is -2.21. The molecule has 0 fully saturated rings. The summed E-state index contributed by atoms with van der Waals surface area (Å²) < 4.78 is 32.1. The lowest BCUT2D eigenvalue weighted by Gasteiger charge is -2.11. The van der Waals surface area contributed by atoms with Crippen molar-refractivity contribution in [1.29, 1.82) is 0 Å². The van der Waals surface area contributed by atoms with Crippen molar-refractivity contribution in [2.45, 2.75) is 13.8 Å². The van der Waals surface area contributed by atoms with E-state index in [0.29, 0.717) is 5.75 Å². The maximum atomic E-state index is 13.4. The zero-order chi connectivity index (χ0) is 15.4. The van der Waals surface area contributed by atoms with Crippen LogP contribution >= 0.6 is 0 Å². The first-order valence-electron chi connectivity index (χ1n) is 6.41. The summed E-state index contributed by atoms with van der Waals surface area (Å²) in [5.41, 5.74) is 1.50. The van der Waals surface area contributed by atoms with Gasteiger partial charge in [0.05, 0.1) is 0 Å². The number of hydrogen-bond donors (Lipinski definition) is 1. The van der Waals surface area contributed by atoms with Crippen LogP contribution in [0.3, 0.4) is 0 Å². The van der Waals surface area contributed by atoms with Gasteiger partial charge in [-0.1, -0.05) is 23.8 Å². The maximum absolute atomic E-state index is 13.4. The predicted molar refractivity (Wildman–Crippen MR) is 76.4 cm³/mol. The van der Waals surface area contributed by atoms with Crippen molar-refractivity contribution < 1.29 is 18.3 Å². The summed E-state index contributed by atoms with van der Waals surface area (Å²) in [4.78, 5) is 11.7. The Labute approximate surface area is 121 Å². The van der Waals surface area contributed by atoms with Crippen molar-refractivity contribution in [3.05, 3.63) is 59.2 Å². The number of anilines is 1. The van der Waals surface area contributed by atoms with E-state index in [-0.39, 0.29) is 6.61 Å². The van der Waals surface area contributed by atoms with E-state index in [9.17, 15) is 13.6 Å². The Morgan fingerprint density at radius 1 is 1.14 bits per heavy atom. The summed E-state index contributed by atoms with van der Waals surface area (Å²) in [6.45, 7) is 3.49. The van der Waals surface area contributed by atoms with Gasteiger partial charge in [0, 0.05) is 0 Å². The molecule has 0 aromatic heterocycles. The number of rotatable bonds is 4. The van der Waals surface area contributed by atoms with Crippen LogP contribution in [-0.4, -0.2) is 12.5 Å². The zero-order valence-electron chi connectivity index (χ0n) is 11.7. The Bertz CT molecular complexity index is 651. The monoisotopic (exact) mass is 291 g/mol. The highest BCUT2D eigenvalue weighted by molar-refractivity contribution is 5.92. The van der Waals surface area contributed by atoms with E-state index in [0.717, 1.165) is 23.3 Å². The van der Waals surface area contributed by atoms with Crippen molar-refractivity contribution in [3.63, 3.8) is 0 Å². The Morgan fingerprint density at radius 2 is 1.81 bits per heavy atom. The molecule has 2 aromatic rings. The molecule has 1 amide bonds. The summed E-state index contributed by atoms with van der Waals surface area (Å²) in [5, 5.41) is 2.17. The number of ether oxygens (including phenoxy) is 1. The van der Waals surface area contributed by atoms with Crippen molar-refractivity contribution in [3.8, 4) is 5.75 Å². The summed E-state index contributed by atoms with van der Waals surface area (Å²) in [6, 6.07) is 8.90. The van der Waals surface area contributed by atoms with Gasteiger partial charge in [-0.15, -0.1) is 0 Å². The molecule has 21 heavy (non-hydrogen) atoms. The van der Waals surface area contributed by atoms with Gasteiger partial charge in [-0.25, -0.2) is 8.78 Å². The fraction of sp³-hybridized carbons (Fsp3) is 0.188. The zero-order valence-corrected chi connectivity index (χ0v) is 11.7. The van der Waals surface area contributed by atoms with Crippen LogP contribution in [0.5, 0.6) is 5.75 Å². The number of hydrogen-bond acceptors (Lipinski definition) is 2. The van der Waals surface area contributed by atoms with Crippen LogP contribution in [0.1, 0.15) is 11.1 Å². The summed E-state index contributed by atoms with van der Waals surface area (Å²) in [5.74, 6) is -1.71. The van der Waals surface area contributed by atoms with Crippen molar-refractivity contribution in [1.82, 2.24) is 0 Å². The van der Waals surface area contributed by atoms with Crippen molar-refractivity contribution in [2.24, 2.45) is 0 Å². The largest absolute Gasteiger partial charge is 0.483 e. The molecule has 0 spiro atoms. The van der Waals surface area contributed by atoms with E-state index >= 15 is 0 Å². The van der Waals surface area contributed by atoms with Crippen LogP contribution in [0.4, 0.5) is 14.5 Å². The molecule has 0 unspecified atom stereocenters. The van der Waals surface area contributed by atoms with E-state index in [1.54, 1.807) is 6.07 Å². The molecule has 0 aliphatic rings. The van der Waals surface area contributed by atoms with Crippen LogP contribution in [0.2, 0.25) is 0 Å². The van der Waals surface area contributed by atoms with E-state index in [4.69, 9.17) is 4.74 Å². The topological polar surface area (TPSA) is 38.3 Å². The minimum Gasteiger partial charge on any atom is -0.483 e. The highest BCUT2D eigenvalue weighted by Gasteiger charge is 2.12. The number of benzene rings is 2.